The van der Waals surface area contributed by atoms with Crippen molar-refractivity contribution in [2.24, 2.45) is 0 Å². The third-order valence-electron chi connectivity index (χ3n) is 5.97. The average Bonchev–Trinajstić information content (AvgIpc) is 2.77. The lowest BCUT2D eigenvalue weighted by Gasteiger charge is -2.23. The molecule has 4 nitrogen and oxygen atoms in total. The minimum absolute atomic E-state index is 0.00935. The SMILES string of the molecule is CCC(C)(C)c1ccc(OCc2nc(C(C)C)c(-c3ccccc3F)cc2C(=O)O)cc1. The van der Waals surface area contributed by atoms with E-state index in [1.807, 2.05) is 38.1 Å². The van der Waals surface area contributed by atoms with Gasteiger partial charge < -0.3 is 9.84 Å². The zero-order valence-corrected chi connectivity index (χ0v) is 19.3. The van der Waals surface area contributed by atoms with Gasteiger partial charge in [0.25, 0.3) is 0 Å². The van der Waals surface area contributed by atoms with E-state index in [1.54, 1.807) is 18.2 Å². The van der Waals surface area contributed by atoms with Gasteiger partial charge in [-0.3, -0.25) is 4.98 Å². The van der Waals surface area contributed by atoms with Gasteiger partial charge >= 0.3 is 5.97 Å². The van der Waals surface area contributed by atoms with Crippen LogP contribution in [0, 0.1) is 5.82 Å². The molecule has 0 aliphatic carbocycles. The molecule has 5 heteroatoms. The highest BCUT2D eigenvalue weighted by molar-refractivity contribution is 5.91. The van der Waals surface area contributed by atoms with E-state index >= 15 is 0 Å². The van der Waals surface area contributed by atoms with Crippen LogP contribution in [0.5, 0.6) is 5.75 Å². The number of aromatic nitrogens is 1. The lowest BCUT2D eigenvalue weighted by atomic mass is 9.82. The van der Waals surface area contributed by atoms with E-state index in [-0.39, 0.29) is 23.5 Å². The van der Waals surface area contributed by atoms with Crippen molar-refractivity contribution < 1.29 is 19.0 Å². The number of hydrogen-bond donors (Lipinski definition) is 1. The first-order chi connectivity index (χ1) is 15.1. The number of pyridine rings is 1. The molecule has 3 aromatic rings. The highest BCUT2D eigenvalue weighted by Crippen LogP contribution is 2.32. The fourth-order valence-corrected chi connectivity index (χ4v) is 3.56. The molecule has 0 spiro atoms. The van der Waals surface area contributed by atoms with Crippen LogP contribution in [0.2, 0.25) is 0 Å². The van der Waals surface area contributed by atoms with Gasteiger partial charge in [0.1, 0.15) is 18.2 Å². The Morgan fingerprint density at radius 3 is 2.31 bits per heavy atom. The number of rotatable bonds is 8. The molecule has 3 rings (SSSR count). The van der Waals surface area contributed by atoms with E-state index in [1.165, 1.54) is 17.7 Å². The van der Waals surface area contributed by atoms with Gasteiger partial charge in [-0.2, -0.15) is 0 Å². The maximum atomic E-state index is 14.5. The van der Waals surface area contributed by atoms with Gasteiger partial charge in [0.2, 0.25) is 0 Å². The second-order valence-electron chi connectivity index (χ2n) is 8.91. The van der Waals surface area contributed by atoms with Gasteiger partial charge in [-0.15, -0.1) is 0 Å². The molecule has 32 heavy (non-hydrogen) atoms. The summed E-state index contributed by atoms with van der Waals surface area (Å²) < 4.78 is 20.4. The Kier molecular flexibility index (Phi) is 6.97. The number of carbonyl (C=O) groups is 1. The minimum atomic E-state index is -1.12. The van der Waals surface area contributed by atoms with Crippen molar-refractivity contribution in [3.63, 3.8) is 0 Å². The van der Waals surface area contributed by atoms with E-state index < -0.39 is 11.8 Å². The maximum Gasteiger partial charge on any atom is 0.337 e. The molecule has 1 heterocycles. The summed E-state index contributed by atoms with van der Waals surface area (Å²) >= 11 is 0. The molecule has 0 aliphatic rings. The Bertz CT molecular complexity index is 1100. The van der Waals surface area contributed by atoms with Crippen molar-refractivity contribution in [1.29, 1.82) is 0 Å². The lowest BCUT2D eigenvalue weighted by Crippen LogP contribution is -2.15. The largest absolute Gasteiger partial charge is 0.487 e. The summed E-state index contributed by atoms with van der Waals surface area (Å²) in [4.78, 5) is 16.6. The third-order valence-corrected chi connectivity index (χ3v) is 5.97. The van der Waals surface area contributed by atoms with Crippen molar-refractivity contribution in [3.8, 4) is 16.9 Å². The van der Waals surface area contributed by atoms with Gasteiger partial charge in [-0.1, -0.05) is 65.0 Å². The maximum absolute atomic E-state index is 14.5. The van der Waals surface area contributed by atoms with Crippen LogP contribution >= 0.6 is 0 Å². The minimum Gasteiger partial charge on any atom is -0.487 e. The van der Waals surface area contributed by atoms with Crippen molar-refractivity contribution >= 4 is 5.97 Å². The first-order valence-corrected chi connectivity index (χ1v) is 10.9. The molecule has 0 unspecified atom stereocenters. The molecule has 0 aliphatic heterocycles. The number of ether oxygens (including phenoxy) is 1. The second kappa shape index (κ2) is 9.51. The van der Waals surface area contributed by atoms with E-state index in [0.717, 1.165) is 6.42 Å². The fourth-order valence-electron chi connectivity index (χ4n) is 3.56. The molecule has 0 amide bonds. The number of carboxylic acid groups (broad SMARTS) is 1. The number of halogens is 1. The molecule has 1 aromatic heterocycles. The standard InChI is InChI=1S/C27H30FNO3/c1-6-27(4,5)18-11-13-19(14-12-18)32-16-24-22(26(30)31)15-21(25(29-24)17(2)3)20-9-7-8-10-23(20)28/h7-15,17H,6,16H2,1-5H3,(H,30,31). The highest BCUT2D eigenvalue weighted by Gasteiger charge is 2.22. The van der Waals surface area contributed by atoms with E-state index in [4.69, 9.17) is 4.74 Å². The van der Waals surface area contributed by atoms with Crippen LogP contribution in [0.25, 0.3) is 11.1 Å². The van der Waals surface area contributed by atoms with Gasteiger partial charge in [0, 0.05) is 11.1 Å². The van der Waals surface area contributed by atoms with Gasteiger partial charge in [0.05, 0.1) is 17.0 Å². The van der Waals surface area contributed by atoms with Crippen LogP contribution < -0.4 is 4.74 Å². The highest BCUT2D eigenvalue weighted by atomic mass is 19.1. The molecular weight excluding hydrogens is 405 g/mol. The van der Waals surface area contributed by atoms with E-state index in [2.05, 4.69) is 25.8 Å². The number of nitrogens with zero attached hydrogens (tertiary/aromatic N) is 1. The smallest absolute Gasteiger partial charge is 0.337 e. The van der Waals surface area contributed by atoms with Crippen LogP contribution in [0.3, 0.4) is 0 Å². The van der Waals surface area contributed by atoms with Crippen LogP contribution in [0.15, 0.2) is 54.6 Å². The van der Waals surface area contributed by atoms with Gasteiger partial charge in [-0.05, 0) is 47.6 Å². The summed E-state index contributed by atoms with van der Waals surface area (Å²) in [5.74, 6) is -0.916. The molecule has 168 valence electrons. The predicted octanol–water partition coefficient (Wildman–Crippen LogP) is 6.98. The topological polar surface area (TPSA) is 59.4 Å². The molecule has 0 saturated carbocycles. The van der Waals surface area contributed by atoms with E-state index in [9.17, 15) is 14.3 Å². The summed E-state index contributed by atoms with van der Waals surface area (Å²) in [6.45, 7) is 10.4. The summed E-state index contributed by atoms with van der Waals surface area (Å²) in [5, 5.41) is 9.80. The quantitative estimate of drug-likeness (QED) is 0.415. The Labute approximate surface area is 189 Å². The van der Waals surface area contributed by atoms with E-state index in [0.29, 0.717) is 28.3 Å². The van der Waals surface area contributed by atoms with Gasteiger partial charge in [-0.25, -0.2) is 9.18 Å². The number of aromatic carboxylic acids is 1. The van der Waals surface area contributed by atoms with Crippen LogP contribution in [0.1, 0.15) is 74.3 Å². The average molecular weight is 436 g/mol. The van der Waals surface area contributed by atoms with Crippen molar-refractivity contribution in [2.75, 3.05) is 0 Å². The van der Waals surface area contributed by atoms with Gasteiger partial charge in [0.15, 0.2) is 0 Å². The number of benzene rings is 2. The lowest BCUT2D eigenvalue weighted by molar-refractivity contribution is 0.0693. The third kappa shape index (κ3) is 4.98. The molecular formula is C27H30FNO3. The summed E-state index contributed by atoms with van der Waals surface area (Å²) in [7, 11) is 0. The zero-order valence-electron chi connectivity index (χ0n) is 19.3. The second-order valence-corrected chi connectivity index (χ2v) is 8.91. The first kappa shape index (κ1) is 23.5. The Morgan fingerprint density at radius 1 is 1.09 bits per heavy atom. The van der Waals surface area contributed by atoms with Crippen molar-refractivity contribution in [2.45, 2.75) is 59.0 Å². The summed E-state index contributed by atoms with van der Waals surface area (Å²) in [5.41, 5.74) is 3.09. The molecule has 0 fully saturated rings. The van der Waals surface area contributed by atoms with Crippen LogP contribution in [0.4, 0.5) is 4.39 Å². The Balaban J connectivity index is 1.95. The number of hydrogen-bond acceptors (Lipinski definition) is 3. The predicted molar refractivity (Wildman–Crippen MR) is 125 cm³/mol. The molecule has 2 aromatic carbocycles. The number of carboxylic acids is 1. The molecule has 0 atom stereocenters. The summed E-state index contributed by atoms with van der Waals surface area (Å²) in [6.07, 6.45) is 1.02. The fraction of sp³-hybridized carbons (Fsp3) is 0.333. The normalized spacial score (nSPS) is 11.6. The van der Waals surface area contributed by atoms with Crippen LogP contribution in [-0.4, -0.2) is 16.1 Å². The molecule has 0 saturated heterocycles. The molecule has 1 N–H and O–H groups in total. The van der Waals surface area contributed by atoms with Crippen molar-refractivity contribution in [3.05, 3.63) is 82.9 Å². The van der Waals surface area contributed by atoms with Crippen molar-refractivity contribution in [1.82, 2.24) is 4.98 Å². The zero-order chi connectivity index (χ0) is 23.5. The Hall–Kier alpha value is -3.21. The van der Waals surface area contributed by atoms with Crippen LogP contribution in [-0.2, 0) is 12.0 Å². The molecule has 0 radical (unpaired) electrons. The first-order valence-electron chi connectivity index (χ1n) is 10.9. The monoisotopic (exact) mass is 435 g/mol. The Morgan fingerprint density at radius 2 is 1.75 bits per heavy atom. The summed E-state index contributed by atoms with van der Waals surface area (Å²) in [6, 6.07) is 15.7. The molecule has 0 bridgehead atoms.